The Bertz CT molecular complexity index is 653. The Balaban J connectivity index is 2.17. The summed E-state index contributed by atoms with van der Waals surface area (Å²) in [7, 11) is 0. The first-order chi connectivity index (χ1) is 9.86. The number of aromatic nitrogens is 2. The van der Waals surface area contributed by atoms with Crippen LogP contribution >= 0.6 is 11.6 Å². The molecule has 0 amide bonds. The van der Waals surface area contributed by atoms with Crippen LogP contribution < -0.4 is 5.43 Å². The van der Waals surface area contributed by atoms with Crippen molar-refractivity contribution in [2.75, 3.05) is 5.43 Å². The largest absolute Gasteiger partial charge is 0.416 e. The van der Waals surface area contributed by atoms with Crippen molar-refractivity contribution in [3.05, 3.63) is 52.7 Å². The van der Waals surface area contributed by atoms with Gasteiger partial charge < -0.3 is 0 Å². The van der Waals surface area contributed by atoms with E-state index in [4.69, 9.17) is 11.6 Å². The molecule has 0 atom stereocenters. The van der Waals surface area contributed by atoms with Crippen molar-refractivity contribution in [1.82, 2.24) is 10.2 Å². The minimum absolute atomic E-state index is 0.235. The number of nitrogens with zero attached hydrogens (tertiary/aromatic N) is 3. The van der Waals surface area contributed by atoms with E-state index in [1.165, 1.54) is 12.1 Å². The van der Waals surface area contributed by atoms with Gasteiger partial charge in [-0.25, -0.2) is 0 Å². The molecule has 0 aliphatic heterocycles. The van der Waals surface area contributed by atoms with Gasteiger partial charge in [-0.2, -0.15) is 18.3 Å². The Morgan fingerprint density at radius 1 is 1.19 bits per heavy atom. The maximum Gasteiger partial charge on any atom is 0.416 e. The van der Waals surface area contributed by atoms with Crippen LogP contribution in [0.2, 0.25) is 5.15 Å². The average molecular weight is 315 g/mol. The second-order valence-corrected chi connectivity index (χ2v) is 4.52. The molecule has 110 valence electrons. The van der Waals surface area contributed by atoms with Gasteiger partial charge in [-0.1, -0.05) is 23.7 Å². The first kappa shape index (κ1) is 15.2. The topological polar surface area (TPSA) is 50.2 Å². The standard InChI is InChI=1S/C13H10ClF3N4/c1-8(18-20-12-6-5-11(14)19-21-12)9-3-2-4-10(7-9)13(15,16)17/h2-7H,1H3,(H,20,21)/b18-8+. The number of alkyl halides is 3. The van der Waals surface area contributed by atoms with Crippen molar-refractivity contribution in [3.8, 4) is 0 Å². The molecule has 0 aliphatic carbocycles. The minimum Gasteiger partial charge on any atom is -0.260 e. The van der Waals surface area contributed by atoms with E-state index in [2.05, 4.69) is 20.7 Å². The summed E-state index contributed by atoms with van der Waals surface area (Å²) in [4.78, 5) is 0. The normalized spacial score (nSPS) is 12.3. The van der Waals surface area contributed by atoms with Crippen LogP contribution in [0.1, 0.15) is 18.1 Å². The van der Waals surface area contributed by atoms with Gasteiger partial charge in [0.05, 0.1) is 11.3 Å². The summed E-state index contributed by atoms with van der Waals surface area (Å²) in [5.74, 6) is 0.339. The molecule has 8 heteroatoms. The fourth-order valence-electron chi connectivity index (χ4n) is 1.50. The number of halogens is 4. The van der Waals surface area contributed by atoms with Crippen molar-refractivity contribution in [1.29, 1.82) is 0 Å². The van der Waals surface area contributed by atoms with E-state index < -0.39 is 11.7 Å². The van der Waals surface area contributed by atoms with Gasteiger partial charge in [-0.3, -0.25) is 5.43 Å². The highest BCUT2D eigenvalue weighted by molar-refractivity contribution is 6.29. The molecule has 2 aromatic rings. The molecule has 0 bridgehead atoms. The maximum absolute atomic E-state index is 12.6. The van der Waals surface area contributed by atoms with E-state index >= 15 is 0 Å². The predicted octanol–water partition coefficient (Wildman–Crippen LogP) is 3.98. The number of hydrogen-bond acceptors (Lipinski definition) is 4. The molecule has 21 heavy (non-hydrogen) atoms. The van der Waals surface area contributed by atoms with Gasteiger partial charge in [0.25, 0.3) is 0 Å². The van der Waals surface area contributed by atoms with E-state index in [1.807, 2.05) is 0 Å². The third kappa shape index (κ3) is 4.16. The minimum atomic E-state index is -4.38. The van der Waals surface area contributed by atoms with Gasteiger partial charge in [0, 0.05) is 0 Å². The molecule has 2 rings (SSSR count). The van der Waals surface area contributed by atoms with Crippen LogP contribution in [0.3, 0.4) is 0 Å². The fourth-order valence-corrected chi connectivity index (χ4v) is 1.60. The van der Waals surface area contributed by atoms with Gasteiger partial charge in [0.1, 0.15) is 0 Å². The second-order valence-electron chi connectivity index (χ2n) is 4.13. The van der Waals surface area contributed by atoms with Crippen molar-refractivity contribution in [2.45, 2.75) is 13.1 Å². The Morgan fingerprint density at radius 2 is 1.95 bits per heavy atom. The van der Waals surface area contributed by atoms with Crippen LogP contribution in [-0.4, -0.2) is 15.9 Å². The molecule has 1 heterocycles. The van der Waals surface area contributed by atoms with Gasteiger partial charge in [0.15, 0.2) is 11.0 Å². The van der Waals surface area contributed by atoms with Crippen molar-refractivity contribution >= 4 is 23.1 Å². The molecule has 0 spiro atoms. The lowest BCUT2D eigenvalue weighted by Crippen LogP contribution is -2.07. The highest BCUT2D eigenvalue weighted by atomic mass is 35.5. The maximum atomic E-state index is 12.6. The molecule has 0 saturated carbocycles. The average Bonchev–Trinajstić information content (AvgIpc) is 2.45. The summed E-state index contributed by atoms with van der Waals surface area (Å²) >= 11 is 5.59. The zero-order valence-electron chi connectivity index (χ0n) is 10.8. The Labute approximate surface area is 123 Å². The zero-order chi connectivity index (χ0) is 15.5. The van der Waals surface area contributed by atoms with E-state index in [1.54, 1.807) is 19.1 Å². The molecule has 0 saturated heterocycles. The first-order valence-electron chi connectivity index (χ1n) is 5.83. The Morgan fingerprint density at radius 3 is 2.57 bits per heavy atom. The van der Waals surface area contributed by atoms with Crippen LogP contribution in [0.4, 0.5) is 19.0 Å². The summed E-state index contributed by atoms with van der Waals surface area (Å²) < 4.78 is 37.9. The summed E-state index contributed by atoms with van der Waals surface area (Å²) in [6.45, 7) is 1.59. The molecule has 0 radical (unpaired) electrons. The van der Waals surface area contributed by atoms with Gasteiger partial charge >= 0.3 is 6.18 Å². The SMILES string of the molecule is C/C(=N\Nc1ccc(Cl)nn1)c1cccc(C(F)(F)F)c1. The number of rotatable bonds is 3. The van der Waals surface area contributed by atoms with Crippen molar-refractivity contribution in [2.24, 2.45) is 5.10 Å². The van der Waals surface area contributed by atoms with Crippen LogP contribution in [0.25, 0.3) is 0 Å². The highest BCUT2D eigenvalue weighted by Crippen LogP contribution is 2.29. The number of hydrazone groups is 1. The molecular weight excluding hydrogens is 305 g/mol. The summed E-state index contributed by atoms with van der Waals surface area (Å²) in [6.07, 6.45) is -4.38. The molecule has 0 aliphatic rings. The number of anilines is 1. The van der Waals surface area contributed by atoms with E-state index in [0.29, 0.717) is 17.1 Å². The lowest BCUT2D eigenvalue weighted by molar-refractivity contribution is -0.137. The Hall–Kier alpha value is -2.15. The molecule has 0 fully saturated rings. The summed E-state index contributed by atoms with van der Waals surface area (Å²) in [5.41, 5.74) is 2.63. The monoisotopic (exact) mass is 314 g/mol. The fraction of sp³-hybridized carbons (Fsp3) is 0.154. The third-order valence-electron chi connectivity index (χ3n) is 2.58. The third-order valence-corrected chi connectivity index (χ3v) is 2.78. The number of benzene rings is 1. The van der Waals surface area contributed by atoms with Crippen molar-refractivity contribution in [3.63, 3.8) is 0 Å². The number of nitrogens with one attached hydrogen (secondary N) is 1. The van der Waals surface area contributed by atoms with E-state index in [0.717, 1.165) is 12.1 Å². The molecule has 0 unspecified atom stereocenters. The molecule has 1 aromatic carbocycles. The van der Waals surface area contributed by atoms with Crippen LogP contribution in [0, 0.1) is 0 Å². The second kappa shape index (κ2) is 6.09. The predicted molar refractivity (Wildman–Crippen MR) is 74.3 cm³/mol. The highest BCUT2D eigenvalue weighted by Gasteiger charge is 2.30. The molecule has 1 N–H and O–H groups in total. The summed E-state index contributed by atoms with van der Waals surface area (Å²) in [6, 6.07) is 8.00. The van der Waals surface area contributed by atoms with Crippen LogP contribution in [-0.2, 0) is 6.18 Å². The van der Waals surface area contributed by atoms with E-state index in [-0.39, 0.29) is 5.15 Å². The molecule has 1 aromatic heterocycles. The Kier molecular flexibility index (Phi) is 4.42. The van der Waals surface area contributed by atoms with Gasteiger partial charge in [0.2, 0.25) is 0 Å². The lowest BCUT2D eigenvalue weighted by Gasteiger charge is -2.08. The number of hydrogen-bond donors (Lipinski definition) is 1. The van der Waals surface area contributed by atoms with Crippen molar-refractivity contribution < 1.29 is 13.2 Å². The smallest absolute Gasteiger partial charge is 0.260 e. The van der Waals surface area contributed by atoms with Gasteiger partial charge in [-0.15, -0.1) is 10.2 Å². The van der Waals surface area contributed by atoms with E-state index in [9.17, 15) is 13.2 Å². The lowest BCUT2D eigenvalue weighted by atomic mass is 10.1. The van der Waals surface area contributed by atoms with Crippen LogP contribution in [0.15, 0.2) is 41.5 Å². The molecule has 4 nitrogen and oxygen atoms in total. The summed E-state index contributed by atoms with van der Waals surface area (Å²) in [5, 5.41) is 11.5. The molecular formula is C13H10ClF3N4. The van der Waals surface area contributed by atoms with Gasteiger partial charge in [-0.05, 0) is 36.8 Å². The quantitative estimate of drug-likeness (QED) is 0.688. The van der Waals surface area contributed by atoms with Crippen LogP contribution in [0.5, 0.6) is 0 Å². The zero-order valence-corrected chi connectivity index (χ0v) is 11.6. The first-order valence-corrected chi connectivity index (χ1v) is 6.21.